The molecular weight excluding hydrogens is 376 g/mol. The summed E-state index contributed by atoms with van der Waals surface area (Å²) in [6, 6.07) is 3.11. The molecule has 0 radical (unpaired) electrons. The second-order valence-corrected chi connectivity index (χ2v) is 6.69. The molecule has 0 fully saturated rings. The average molecular weight is 402 g/mol. The summed E-state index contributed by atoms with van der Waals surface area (Å²) in [5.41, 5.74) is 4.87. The van der Waals surface area contributed by atoms with Crippen LogP contribution in [0.25, 0.3) is 11.0 Å². The van der Waals surface area contributed by atoms with Crippen LogP contribution in [0.3, 0.4) is 0 Å². The standard InChI is InChI=1S/C20H26N4O5/c1-20(27,12-29-4)9-8-13-6-7-14-16(25)15(19(26)22-2)17(21)24(18(14)23-13)10-5-11-28-3/h6-7,27H,5,10-12,21H2,1-4H3,(H,22,26). The van der Waals surface area contributed by atoms with E-state index in [2.05, 4.69) is 22.1 Å². The highest BCUT2D eigenvalue weighted by molar-refractivity contribution is 6.01. The number of rotatable bonds is 7. The van der Waals surface area contributed by atoms with Gasteiger partial charge >= 0.3 is 0 Å². The first-order valence-electron chi connectivity index (χ1n) is 9.04. The molecule has 2 heterocycles. The smallest absolute Gasteiger partial charge is 0.258 e. The molecule has 2 aromatic heterocycles. The number of nitrogen functional groups attached to an aromatic ring is 1. The number of nitrogens with one attached hydrogen (secondary N) is 1. The summed E-state index contributed by atoms with van der Waals surface area (Å²) in [5.74, 6) is 4.96. The van der Waals surface area contributed by atoms with Crippen molar-refractivity contribution in [1.82, 2.24) is 14.9 Å². The molecule has 1 atom stereocenters. The van der Waals surface area contributed by atoms with Gasteiger partial charge in [0.25, 0.3) is 5.91 Å². The van der Waals surface area contributed by atoms with Crippen LogP contribution < -0.4 is 16.5 Å². The molecule has 0 bridgehead atoms. The predicted molar refractivity (Wildman–Crippen MR) is 110 cm³/mol. The zero-order chi connectivity index (χ0) is 21.6. The van der Waals surface area contributed by atoms with Gasteiger partial charge in [-0.3, -0.25) is 9.59 Å². The predicted octanol–water partition coefficient (Wildman–Crippen LogP) is 0.124. The molecule has 0 saturated heterocycles. The molecule has 1 amide bonds. The van der Waals surface area contributed by atoms with Crippen molar-refractivity contribution in [1.29, 1.82) is 0 Å². The van der Waals surface area contributed by atoms with E-state index in [-0.39, 0.29) is 23.4 Å². The number of anilines is 1. The fourth-order valence-corrected chi connectivity index (χ4v) is 2.85. The van der Waals surface area contributed by atoms with Crippen molar-refractivity contribution in [2.24, 2.45) is 0 Å². The minimum Gasteiger partial charge on any atom is -0.385 e. The molecule has 0 saturated carbocycles. The third-order valence-electron chi connectivity index (χ3n) is 4.22. The number of nitrogens with two attached hydrogens (primary N) is 1. The van der Waals surface area contributed by atoms with Crippen LogP contribution in [0.15, 0.2) is 16.9 Å². The number of aliphatic hydroxyl groups is 1. The fourth-order valence-electron chi connectivity index (χ4n) is 2.85. The lowest BCUT2D eigenvalue weighted by molar-refractivity contribution is 0.0274. The number of hydrogen-bond donors (Lipinski definition) is 3. The number of fused-ring (bicyclic) bond motifs is 1. The van der Waals surface area contributed by atoms with Gasteiger partial charge in [-0.25, -0.2) is 4.98 Å². The van der Waals surface area contributed by atoms with Gasteiger partial charge in [0, 0.05) is 34.4 Å². The van der Waals surface area contributed by atoms with Crippen molar-refractivity contribution in [3.05, 3.63) is 33.6 Å². The van der Waals surface area contributed by atoms with Crippen LogP contribution in [-0.4, -0.2) is 60.6 Å². The third kappa shape index (κ3) is 5.12. The number of amides is 1. The monoisotopic (exact) mass is 402 g/mol. The lowest BCUT2D eigenvalue weighted by Crippen LogP contribution is -2.30. The van der Waals surface area contributed by atoms with E-state index in [1.54, 1.807) is 23.8 Å². The first-order valence-corrected chi connectivity index (χ1v) is 9.04. The molecule has 9 heteroatoms. The van der Waals surface area contributed by atoms with Crippen LogP contribution >= 0.6 is 0 Å². The summed E-state index contributed by atoms with van der Waals surface area (Å²) in [6.45, 7) is 2.43. The Morgan fingerprint density at radius 1 is 1.38 bits per heavy atom. The van der Waals surface area contributed by atoms with Gasteiger partial charge in [0.2, 0.25) is 5.43 Å². The molecule has 2 rings (SSSR count). The van der Waals surface area contributed by atoms with Gasteiger partial charge in [-0.05, 0) is 31.4 Å². The summed E-state index contributed by atoms with van der Waals surface area (Å²) in [5, 5.41) is 12.8. The van der Waals surface area contributed by atoms with Crippen LogP contribution in [0.2, 0.25) is 0 Å². The molecule has 0 aromatic carbocycles. The number of hydrogen-bond acceptors (Lipinski definition) is 7. The van der Waals surface area contributed by atoms with Crippen LogP contribution in [-0.2, 0) is 16.0 Å². The largest absolute Gasteiger partial charge is 0.385 e. The van der Waals surface area contributed by atoms with Crippen molar-refractivity contribution >= 4 is 22.8 Å². The van der Waals surface area contributed by atoms with E-state index in [0.717, 1.165) is 0 Å². The Hall–Kier alpha value is -2.93. The SMILES string of the molecule is CNC(=O)c1c(N)n(CCCOC)c2nc(C#CC(C)(O)COC)ccc2c1=O. The van der Waals surface area contributed by atoms with Gasteiger partial charge in [-0.15, -0.1) is 0 Å². The number of aromatic nitrogens is 2. The van der Waals surface area contributed by atoms with Crippen molar-refractivity contribution in [2.45, 2.75) is 25.5 Å². The molecule has 156 valence electrons. The lowest BCUT2D eigenvalue weighted by Gasteiger charge is -2.16. The second-order valence-electron chi connectivity index (χ2n) is 6.69. The molecule has 0 aliphatic rings. The van der Waals surface area contributed by atoms with Gasteiger partial charge in [0.15, 0.2) is 0 Å². The highest BCUT2D eigenvalue weighted by Gasteiger charge is 2.21. The molecule has 9 nitrogen and oxygen atoms in total. The minimum absolute atomic E-state index is 0.0296. The fraction of sp³-hybridized carbons (Fsp3) is 0.450. The summed E-state index contributed by atoms with van der Waals surface area (Å²) in [7, 11) is 4.49. The maximum Gasteiger partial charge on any atom is 0.258 e. The second kappa shape index (κ2) is 9.52. The summed E-state index contributed by atoms with van der Waals surface area (Å²) < 4.78 is 11.6. The van der Waals surface area contributed by atoms with E-state index >= 15 is 0 Å². The molecule has 29 heavy (non-hydrogen) atoms. The Labute approximate surface area is 168 Å². The van der Waals surface area contributed by atoms with Crippen LogP contribution in [0.4, 0.5) is 5.82 Å². The number of methoxy groups -OCH3 is 2. The summed E-state index contributed by atoms with van der Waals surface area (Å²) >= 11 is 0. The molecule has 4 N–H and O–H groups in total. The topological polar surface area (TPSA) is 129 Å². The van der Waals surface area contributed by atoms with Crippen molar-refractivity contribution in [3.8, 4) is 11.8 Å². The first kappa shape index (κ1) is 22.4. The maximum absolute atomic E-state index is 12.8. The van der Waals surface area contributed by atoms with E-state index < -0.39 is 16.9 Å². The van der Waals surface area contributed by atoms with Crippen LogP contribution in [0.1, 0.15) is 29.4 Å². The van der Waals surface area contributed by atoms with Gasteiger partial charge < -0.3 is 30.2 Å². The highest BCUT2D eigenvalue weighted by Crippen LogP contribution is 2.18. The Bertz CT molecular complexity index is 1020. The maximum atomic E-state index is 12.8. The summed E-state index contributed by atoms with van der Waals surface area (Å²) in [4.78, 5) is 29.5. The number of pyridine rings is 2. The molecule has 0 spiro atoms. The van der Waals surface area contributed by atoms with Gasteiger partial charge in [-0.1, -0.05) is 5.92 Å². The van der Waals surface area contributed by atoms with Crippen LogP contribution in [0.5, 0.6) is 0 Å². The lowest BCUT2D eigenvalue weighted by atomic mass is 10.1. The van der Waals surface area contributed by atoms with Crippen molar-refractivity contribution < 1.29 is 19.4 Å². The van der Waals surface area contributed by atoms with Gasteiger partial charge in [0.05, 0.1) is 12.0 Å². The average Bonchev–Trinajstić information content (AvgIpc) is 2.68. The Kier molecular flexibility index (Phi) is 7.34. The zero-order valence-corrected chi connectivity index (χ0v) is 17.0. The van der Waals surface area contributed by atoms with E-state index in [9.17, 15) is 14.7 Å². The number of ether oxygens (including phenoxy) is 2. The number of aryl methyl sites for hydroxylation is 1. The molecule has 0 aliphatic heterocycles. The highest BCUT2D eigenvalue weighted by atomic mass is 16.5. The summed E-state index contributed by atoms with van der Waals surface area (Å²) in [6.07, 6.45) is 0.603. The van der Waals surface area contributed by atoms with Gasteiger partial charge in [-0.2, -0.15) is 0 Å². The van der Waals surface area contributed by atoms with Crippen molar-refractivity contribution in [3.63, 3.8) is 0 Å². The Morgan fingerprint density at radius 3 is 2.72 bits per heavy atom. The van der Waals surface area contributed by atoms with E-state index in [1.807, 2.05) is 0 Å². The van der Waals surface area contributed by atoms with E-state index in [1.165, 1.54) is 21.1 Å². The molecule has 1 unspecified atom stereocenters. The normalized spacial score (nSPS) is 12.9. The molecule has 2 aromatic rings. The number of carbonyl (C=O) groups excluding carboxylic acids is 1. The third-order valence-corrected chi connectivity index (χ3v) is 4.22. The quantitative estimate of drug-likeness (QED) is 0.443. The first-order chi connectivity index (χ1) is 13.8. The zero-order valence-electron chi connectivity index (χ0n) is 17.0. The van der Waals surface area contributed by atoms with Crippen LogP contribution in [0, 0.1) is 11.8 Å². The van der Waals surface area contributed by atoms with Crippen molar-refractivity contribution in [2.75, 3.05) is 40.2 Å². The molecule has 0 aliphatic carbocycles. The number of carbonyl (C=O) groups is 1. The number of nitrogens with zero attached hydrogens (tertiary/aromatic N) is 2. The van der Waals surface area contributed by atoms with E-state index in [0.29, 0.717) is 30.9 Å². The Balaban J connectivity index is 2.67. The van der Waals surface area contributed by atoms with E-state index in [4.69, 9.17) is 15.2 Å². The Morgan fingerprint density at radius 2 is 2.10 bits per heavy atom. The minimum atomic E-state index is -1.34. The van der Waals surface area contributed by atoms with Gasteiger partial charge in [0.1, 0.15) is 28.3 Å². The molecular formula is C20H26N4O5.